The summed E-state index contributed by atoms with van der Waals surface area (Å²) in [6, 6.07) is 14.1. The molecule has 2 aliphatic heterocycles. The van der Waals surface area contributed by atoms with Crippen molar-refractivity contribution in [3.05, 3.63) is 84.4 Å². The van der Waals surface area contributed by atoms with Crippen LogP contribution in [0.15, 0.2) is 77.7 Å². The summed E-state index contributed by atoms with van der Waals surface area (Å²) in [5, 5.41) is 17.7. The number of aliphatic hydroxyl groups is 1. The van der Waals surface area contributed by atoms with E-state index in [0.717, 1.165) is 42.8 Å². The van der Waals surface area contributed by atoms with Crippen molar-refractivity contribution in [1.29, 1.82) is 0 Å². The number of carbonyl (C=O) groups is 1. The zero-order valence-electron chi connectivity index (χ0n) is 26.8. The maximum atomic E-state index is 13.5. The SMILES string of the molecule is CC(C)(C)OC(=O)NC/C=C/c1cc(NC(O)N2c3nc(-c4cccc(C(F)(F)F)c4)ccc3N3CCC[C@H]2C3)cc(-c2cnco2)c1. The van der Waals surface area contributed by atoms with E-state index in [1.54, 1.807) is 45.2 Å². The lowest BCUT2D eigenvalue weighted by atomic mass is 9.99. The monoisotopic (exact) mass is 662 g/mol. The molecule has 4 aromatic rings. The Balaban J connectivity index is 1.28. The number of fused-ring (bicyclic) bond motifs is 4. The molecule has 1 saturated heterocycles. The number of halogens is 3. The van der Waals surface area contributed by atoms with E-state index in [-0.39, 0.29) is 12.6 Å². The number of piperidine rings is 1. The lowest BCUT2D eigenvalue weighted by Gasteiger charge is -2.48. The van der Waals surface area contributed by atoms with Crippen LogP contribution in [-0.2, 0) is 10.9 Å². The van der Waals surface area contributed by atoms with Crippen LogP contribution in [0, 0.1) is 0 Å². The highest BCUT2D eigenvalue weighted by Gasteiger charge is 2.38. The van der Waals surface area contributed by atoms with Crippen molar-refractivity contribution in [3.63, 3.8) is 0 Å². The number of benzene rings is 2. The Bertz CT molecular complexity index is 1790. The number of ether oxygens (including phenoxy) is 1. The molecule has 48 heavy (non-hydrogen) atoms. The van der Waals surface area contributed by atoms with Crippen LogP contribution in [0.25, 0.3) is 28.7 Å². The van der Waals surface area contributed by atoms with Gasteiger partial charge in [-0.2, -0.15) is 13.2 Å². The average Bonchev–Trinajstić information content (AvgIpc) is 3.57. The number of alkyl halides is 3. The number of hydrogen-bond acceptors (Lipinski definition) is 9. The van der Waals surface area contributed by atoms with E-state index in [1.165, 1.54) is 12.5 Å². The molecule has 0 radical (unpaired) electrons. The predicted molar refractivity (Wildman–Crippen MR) is 177 cm³/mol. The number of oxazole rings is 1. The van der Waals surface area contributed by atoms with E-state index >= 15 is 0 Å². The van der Waals surface area contributed by atoms with Gasteiger partial charge in [0.05, 0.1) is 29.2 Å². The van der Waals surface area contributed by atoms with E-state index in [1.807, 2.05) is 35.2 Å². The first-order valence-corrected chi connectivity index (χ1v) is 15.7. The van der Waals surface area contributed by atoms with Gasteiger partial charge in [-0.15, -0.1) is 0 Å². The van der Waals surface area contributed by atoms with Gasteiger partial charge in [0.2, 0.25) is 6.35 Å². The Morgan fingerprint density at radius 1 is 1.15 bits per heavy atom. The summed E-state index contributed by atoms with van der Waals surface area (Å²) in [5.41, 5.74) is 2.19. The van der Waals surface area contributed by atoms with Crippen molar-refractivity contribution < 1.29 is 32.2 Å². The summed E-state index contributed by atoms with van der Waals surface area (Å²) in [4.78, 5) is 24.9. The zero-order chi connectivity index (χ0) is 34.1. The summed E-state index contributed by atoms with van der Waals surface area (Å²) in [7, 11) is 0. The van der Waals surface area contributed by atoms with Gasteiger partial charge in [-0.25, -0.2) is 14.8 Å². The molecule has 2 atom stereocenters. The van der Waals surface area contributed by atoms with E-state index in [0.29, 0.717) is 40.6 Å². The minimum Gasteiger partial charge on any atom is -0.444 e. The standard InChI is InChI=1S/C35H37F3N6O4/c1-34(2,3)48-33(46)40-13-5-7-22-15-24(30-19-39-21-47-30)18-26(16-22)41-32(45)44-27-10-6-14-43(20-27)29-12-11-28(42-31(29)44)23-8-4-9-25(17-23)35(36,37)38/h4-5,7-9,11-12,15-19,21,27,32,41,45H,6,10,13-14,20H2,1-3H3,(H,40,46)/b7-5+/t27-,32?/m0/s1. The van der Waals surface area contributed by atoms with E-state index in [9.17, 15) is 23.1 Å². The Labute approximate surface area is 276 Å². The lowest BCUT2D eigenvalue weighted by Crippen LogP contribution is -2.58. The highest BCUT2D eigenvalue weighted by atomic mass is 19.4. The first-order valence-electron chi connectivity index (χ1n) is 15.7. The Morgan fingerprint density at radius 3 is 2.73 bits per heavy atom. The normalized spacial score (nSPS) is 16.9. The zero-order valence-corrected chi connectivity index (χ0v) is 26.8. The molecule has 1 amide bonds. The van der Waals surface area contributed by atoms with E-state index in [4.69, 9.17) is 14.1 Å². The Kier molecular flexibility index (Phi) is 9.06. The first kappa shape index (κ1) is 32.9. The van der Waals surface area contributed by atoms with Gasteiger partial charge >= 0.3 is 12.3 Å². The molecule has 2 bridgehead atoms. The smallest absolute Gasteiger partial charge is 0.416 e. The summed E-state index contributed by atoms with van der Waals surface area (Å²) in [6.45, 7) is 7.10. The van der Waals surface area contributed by atoms with Crippen molar-refractivity contribution in [2.45, 2.75) is 57.8 Å². The number of rotatable bonds is 8. The predicted octanol–water partition coefficient (Wildman–Crippen LogP) is 7.14. The van der Waals surface area contributed by atoms with Crippen LogP contribution in [0.2, 0.25) is 0 Å². The first-order chi connectivity index (χ1) is 22.8. The van der Waals surface area contributed by atoms with Crippen LogP contribution in [0.1, 0.15) is 44.7 Å². The molecule has 1 fully saturated rings. The number of carbonyl (C=O) groups excluding carboxylic acids is 1. The Hall–Kier alpha value is -5.04. The van der Waals surface area contributed by atoms with Crippen molar-refractivity contribution >= 4 is 29.4 Å². The molecule has 0 aliphatic carbocycles. The fourth-order valence-electron chi connectivity index (χ4n) is 5.98. The molecule has 2 aromatic heterocycles. The molecule has 0 spiro atoms. The molecular weight excluding hydrogens is 625 g/mol. The second kappa shape index (κ2) is 13.2. The summed E-state index contributed by atoms with van der Waals surface area (Å²) < 4.78 is 51.3. The molecule has 6 rings (SSSR count). The van der Waals surface area contributed by atoms with Crippen molar-refractivity contribution in [2.24, 2.45) is 0 Å². The quantitative estimate of drug-likeness (QED) is 0.169. The van der Waals surface area contributed by atoms with Crippen LogP contribution in [0.4, 0.5) is 35.2 Å². The van der Waals surface area contributed by atoms with Gasteiger partial charge in [-0.1, -0.05) is 24.3 Å². The summed E-state index contributed by atoms with van der Waals surface area (Å²) >= 11 is 0. The number of aromatic nitrogens is 2. The second-order valence-corrected chi connectivity index (χ2v) is 12.8. The van der Waals surface area contributed by atoms with Gasteiger partial charge in [-0.3, -0.25) is 0 Å². The van der Waals surface area contributed by atoms with Crippen molar-refractivity contribution in [1.82, 2.24) is 15.3 Å². The average molecular weight is 663 g/mol. The molecule has 0 saturated carbocycles. The summed E-state index contributed by atoms with van der Waals surface area (Å²) in [5.74, 6) is 1.01. The fraction of sp³-hybridized carbons (Fsp3) is 0.343. The molecule has 2 aromatic carbocycles. The van der Waals surface area contributed by atoms with Crippen LogP contribution in [0.5, 0.6) is 0 Å². The minimum absolute atomic E-state index is 0.0891. The number of alkyl carbamates (subject to hydrolysis) is 1. The molecular formula is C35H37F3N6O4. The van der Waals surface area contributed by atoms with Gasteiger partial charge in [0.25, 0.3) is 0 Å². The molecule has 10 nitrogen and oxygen atoms in total. The molecule has 4 heterocycles. The van der Waals surface area contributed by atoms with Crippen LogP contribution in [-0.4, -0.2) is 58.8 Å². The fourth-order valence-corrected chi connectivity index (χ4v) is 5.98. The molecule has 252 valence electrons. The maximum absolute atomic E-state index is 13.5. The highest BCUT2D eigenvalue weighted by molar-refractivity contribution is 5.77. The third-order valence-electron chi connectivity index (χ3n) is 8.02. The number of nitrogens with one attached hydrogen (secondary N) is 2. The molecule has 2 aliphatic rings. The van der Waals surface area contributed by atoms with Gasteiger partial charge in [0.1, 0.15) is 5.60 Å². The maximum Gasteiger partial charge on any atom is 0.416 e. The highest BCUT2D eigenvalue weighted by Crippen LogP contribution is 2.41. The second-order valence-electron chi connectivity index (χ2n) is 12.8. The Morgan fingerprint density at radius 2 is 1.98 bits per heavy atom. The number of pyridine rings is 1. The molecule has 1 unspecified atom stereocenters. The van der Waals surface area contributed by atoms with Gasteiger partial charge in [0.15, 0.2) is 18.0 Å². The van der Waals surface area contributed by atoms with E-state index < -0.39 is 29.8 Å². The third-order valence-corrected chi connectivity index (χ3v) is 8.02. The number of aliphatic hydroxyl groups excluding tert-OH is 1. The number of nitrogens with zero attached hydrogens (tertiary/aromatic N) is 4. The molecule has 13 heteroatoms. The van der Waals surface area contributed by atoms with Crippen molar-refractivity contribution in [3.8, 4) is 22.6 Å². The largest absolute Gasteiger partial charge is 0.444 e. The van der Waals surface area contributed by atoms with Gasteiger partial charge in [0, 0.05) is 36.4 Å². The van der Waals surface area contributed by atoms with Gasteiger partial charge < -0.3 is 34.7 Å². The van der Waals surface area contributed by atoms with E-state index in [2.05, 4.69) is 20.5 Å². The summed E-state index contributed by atoms with van der Waals surface area (Å²) in [6.07, 6.45) is 2.00. The minimum atomic E-state index is -4.48. The molecule has 3 N–H and O–H groups in total. The number of anilines is 3. The van der Waals surface area contributed by atoms with Crippen LogP contribution >= 0.6 is 0 Å². The number of hydrogen-bond donors (Lipinski definition) is 3. The number of amides is 1. The topological polar surface area (TPSA) is 116 Å². The van der Waals surface area contributed by atoms with Crippen molar-refractivity contribution in [2.75, 3.05) is 34.8 Å². The van der Waals surface area contributed by atoms with Crippen LogP contribution in [0.3, 0.4) is 0 Å². The third kappa shape index (κ3) is 7.57. The van der Waals surface area contributed by atoms with Gasteiger partial charge in [-0.05, 0) is 81.6 Å². The van der Waals surface area contributed by atoms with Crippen LogP contribution < -0.4 is 20.4 Å². The lowest BCUT2D eigenvalue weighted by molar-refractivity contribution is -0.137.